The molecule has 3 aromatic rings. The molecule has 0 saturated heterocycles. The zero-order valence-electron chi connectivity index (χ0n) is 11.3. The van der Waals surface area contributed by atoms with Crippen molar-refractivity contribution < 1.29 is 0 Å². The molecular weight excluding hydrogens is 292 g/mol. The van der Waals surface area contributed by atoms with Gasteiger partial charge in [0, 0.05) is 12.7 Å². The molecule has 0 aliphatic carbocycles. The molecule has 6 heteroatoms. The lowest BCUT2D eigenvalue weighted by atomic mass is 10.1. The lowest BCUT2D eigenvalue weighted by Crippen LogP contribution is -2.22. The Kier molecular flexibility index (Phi) is 3.74. The van der Waals surface area contributed by atoms with Crippen molar-refractivity contribution in [1.29, 1.82) is 0 Å². The van der Waals surface area contributed by atoms with Gasteiger partial charge in [-0.25, -0.2) is 0 Å². The number of hydrogen-bond donors (Lipinski definition) is 1. The SMILES string of the molecule is CCn1ncc(Cl)c1C(NC)c1cnc2ccsc2c1. The molecule has 4 nitrogen and oxygen atoms in total. The summed E-state index contributed by atoms with van der Waals surface area (Å²) in [5.74, 6) is 0. The third kappa shape index (κ3) is 2.22. The zero-order valence-corrected chi connectivity index (χ0v) is 12.9. The average Bonchev–Trinajstić information content (AvgIpc) is 3.07. The van der Waals surface area contributed by atoms with Gasteiger partial charge in [-0.2, -0.15) is 5.10 Å². The van der Waals surface area contributed by atoms with Crippen LogP contribution in [-0.4, -0.2) is 21.8 Å². The molecular formula is C14H15ClN4S. The van der Waals surface area contributed by atoms with Crippen molar-refractivity contribution in [3.05, 3.63) is 46.2 Å². The van der Waals surface area contributed by atoms with Crippen LogP contribution in [0.5, 0.6) is 0 Å². The third-order valence-electron chi connectivity index (χ3n) is 3.35. The number of aryl methyl sites for hydroxylation is 1. The van der Waals surface area contributed by atoms with Crippen molar-refractivity contribution in [1.82, 2.24) is 20.1 Å². The van der Waals surface area contributed by atoms with E-state index in [4.69, 9.17) is 11.6 Å². The summed E-state index contributed by atoms with van der Waals surface area (Å²) in [4.78, 5) is 4.50. The van der Waals surface area contributed by atoms with Gasteiger partial charge in [0.25, 0.3) is 0 Å². The lowest BCUT2D eigenvalue weighted by molar-refractivity contribution is 0.563. The molecule has 0 amide bonds. The molecule has 0 aromatic carbocycles. The summed E-state index contributed by atoms with van der Waals surface area (Å²) >= 11 is 8.00. The van der Waals surface area contributed by atoms with E-state index in [1.807, 2.05) is 24.0 Å². The first-order chi connectivity index (χ1) is 9.74. The Labute approximate surface area is 126 Å². The van der Waals surface area contributed by atoms with E-state index in [0.717, 1.165) is 23.3 Å². The number of nitrogens with one attached hydrogen (secondary N) is 1. The summed E-state index contributed by atoms with van der Waals surface area (Å²) in [6.45, 7) is 2.84. The fourth-order valence-corrected chi connectivity index (χ4v) is 3.43. The van der Waals surface area contributed by atoms with E-state index in [-0.39, 0.29) is 6.04 Å². The van der Waals surface area contributed by atoms with Crippen molar-refractivity contribution in [2.45, 2.75) is 19.5 Å². The smallest absolute Gasteiger partial charge is 0.0837 e. The first-order valence-electron chi connectivity index (χ1n) is 6.46. The summed E-state index contributed by atoms with van der Waals surface area (Å²) in [7, 11) is 1.92. The van der Waals surface area contributed by atoms with Crippen molar-refractivity contribution in [3.8, 4) is 0 Å². The molecule has 0 bridgehead atoms. The standard InChI is InChI=1S/C14H15ClN4S/c1-3-19-14(10(15)8-18-19)13(16-2)9-6-12-11(17-7-9)4-5-20-12/h4-8,13,16H,3H2,1-2H3. The van der Waals surface area contributed by atoms with E-state index >= 15 is 0 Å². The van der Waals surface area contributed by atoms with Gasteiger partial charge in [0.05, 0.1) is 33.2 Å². The normalized spacial score (nSPS) is 12.9. The van der Waals surface area contributed by atoms with Crippen LogP contribution in [0.4, 0.5) is 0 Å². The Bertz CT molecular complexity index is 734. The molecule has 1 atom stereocenters. The third-order valence-corrected chi connectivity index (χ3v) is 4.50. The quantitative estimate of drug-likeness (QED) is 0.802. The average molecular weight is 307 g/mol. The fourth-order valence-electron chi connectivity index (χ4n) is 2.39. The van der Waals surface area contributed by atoms with E-state index in [2.05, 4.69) is 33.8 Å². The van der Waals surface area contributed by atoms with Crippen molar-refractivity contribution in [2.24, 2.45) is 0 Å². The molecule has 0 fully saturated rings. The number of thiophene rings is 1. The number of aromatic nitrogens is 3. The number of nitrogens with zero attached hydrogens (tertiary/aromatic N) is 3. The Balaban J connectivity index is 2.10. The molecule has 0 aliphatic rings. The maximum Gasteiger partial charge on any atom is 0.0837 e. The van der Waals surface area contributed by atoms with E-state index in [1.54, 1.807) is 17.5 Å². The molecule has 3 heterocycles. The Morgan fingerprint density at radius 1 is 1.45 bits per heavy atom. The second kappa shape index (κ2) is 5.52. The zero-order chi connectivity index (χ0) is 14.1. The van der Waals surface area contributed by atoms with Gasteiger partial charge in [-0.15, -0.1) is 11.3 Å². The van der Waals surface area contributed by atoms with Gasteiger partial charge in [0.15, 0.2) is 0 Å². The number of fused-ring (bicyclic) bond motifs is 1. The van der Waals surface area contributed by atoms with Gasteiger partial charge < -0.3 is 5.32 Å². The Morgan fingerprint density at radius 3 is 3.05 bits per heavy atom. The predicted octanol–water partition coefficient (Wildman–Crippen LogP) is 3.47. The van der Waals surface area contributed by atoms with Crippen molar-refractivity contribution >= 4 is 33.2 Å². The highest BCUT2D eigenvalue weighted by atomic mass is 35.5. The highest BCUT2D eigenvalue weighted by Gasteiger charge is 2.21. The van der Waals surface area contributed by atoms with Gasteiger partial charge in [0.1, 0.15) is 0 Å². The molecule has 104 valence electrons. The molecule has 0 radical (unpaired) electrons. The number of pyridine rings is 1. The van der Waals surface area contributed by atoms with E-state index in [9.17, 15) is 0 Å². The van der Waals surface area contributed by atoms with Gasteiger partial charge in [-0.3, -0.25) is 9.67 Å². The van der Waals surface area contributed by atoms with Gasteiger partial charge in [0.2, 0.25) is 0 Å². The van der Waals surface area contributed by atoms with E-state index in [1.165, 1.54) is 4.70 Å². The van der Waals surface area contributed by atoms with E-state index < -0.39 is 0 Å². The minimum absolute atomic E-state index is 0.0102. The molecule has 0 saturated carbocycles. The molecule has 1 unspecified atom stereocenters. The van der Waals surface area contributed by atoms with Crippen LogP contribution in [0.3, 0.4) is 0 Å². The highest BCUT2D eigenvalue weighted by Crippen LogP contribution is 2.30. The molecule has 0 spiro atoms. The summed E-state index contributed by atoms with van der Waals surface area (Å²) in [5.41, 5.74) is 3.11. The molecule has 3 rings (SSSR count). The van der Waals surface area contributed by atoms with Crippen LogP contribution >= 0.6 is 22.9 Å². The highest BCUT2D eigenvalue weighted by molar-refractivity contribution is 7.17. The maximum absolute atomic E-state index is 6.30. The van der Waals surface area contributed by atoms with Crippen molar-refractivity contribution in [3.63, 3.8) is 0 Å². The molecule has 0 aliphatic heterocycles. The maximum atomic E-state index is 6.30. The number of rotatable bonds is 4. The largest absolute Gasteiger partial charge is 0.308 e. The molecule has 3 aromatic heterocycles. The van der Waals surface area contributed by atoms with Crippen LogP contribution in [0.1, 0.15) is 24.2 Å². The van der Waals surface area contributed by atoms with Crippen LogP contribution in [-0.2, 0) is 6.54 Å². The Morgan fingerprint density at radius 2 is 2.30 bits per heavy atom. The summed E-state index contributed by atoms with van der Waals surface area (Å²) in [5, 5.41) is 10.4. The molecule has 20 heavy (non-hydrogen) atoms. The van der Waals surface area contributed by atoms with Gasteiger partial charge in [-0.05, 0) is 37.0 Å². The van der Waals surface area contributed by atoms with Crippen molar-refractivity contribution in [2.75, 3.05) is 7.05 Å². The van der Waals surface area contributed by atoms with E-state index in [0.29, 0.717) is 5.02 Å². The minimum atomic E-state index is -0.0102. The first kappa shape index (κ1) is 13.5. The predicted molar refractivity (Wildman–Crippen MR) is 83.4 cm³/mol. The van der Waals surface area contributed by atoms with Crippen LogP contribution in [0.25, 0.3) is 10.2 Å². The van der Waals surface area contributed by atoms with Crippen LogP contribution in [0.15, 0.2) is 29.9 Å². The lowest BCUT2D eigenvalue weighted by Gasteiger charge is -2.18. The molecule has 1 N–H and O–H groups in total. The van der Waals surface area contributed by atoms with Gasteiger partial charge in [-0.1, -0.05) is 11.6 Å². The fraction of sp³-hybridized carbons (Fsp3) is 0.286. The second-order valence-corrected chi connectivity index (χ2v) is 5.84. The topological polar surface area (TPSA) is 42.7 Å². The summed E-state index contributed by atoms with van der Waals surface area (Å²) in [6.07, 6.45) is 3.60. The first-order valence-corrected chi connectivity index (χ1v) is 7.72. The number of hydrogen-bond acceptors (Lipinski definition) is 4. The monoisotopic (exact) mass is 306 g/mol. The second-order valence-electron chi connectivity index (χ2n) is 4.49. The van der Waals surface area contributed by atoms with Gasteiger partial charge >= 0.3 is 0 Å². The van der Waals surface area contributed by atoms with Crippen LogP contribution in [0.2, 0.25) is 5.02 Å². The number of halogens is 1. The minimum Gasteiger partial charge on any atom is -0.308 e. The van der Waals surface area contributed by atoms with Crippen LogP contribution < -0.4 is 5.32 Å². The van der Waals surface area contributed by atoms with Crippen LogP contribution in [0, 0.1) is 0 Å². The summed E-state index contributed by atoms with van der Waals surface area (Å²) in [6, 6.07) is 4.18. The Hall–Kier alpha value is -1.43. The summed E-state index contributed by atoms with van der Waals surface area (Å²) < 4.78 is 3.10.